The molecule has 0 N–H and O–H groups in total. The average Bonchev–Trinajstić information content (AvgIpc) is 2.40. The van der Waals surface area contributed by atoms with Gasteiger partial charge >= 0.3 is 0 Å². The minimum atomic E-state index is 0.206. The number of hydrogen-bond acceptors (Lipinski definition) is 2. The fourth-order valence-electron chi connectivity index (χ4n) is 3.46. The third-order valence-corrected chi connectivity index (χ3v) is 4.40. The first-order valence-corrected chi connectivity index (χ1v) is 6.58. The van der Waals surface area contributed by atoms with Crippen molar-refractivity contribution < 1.29 is 4.79 Å². The lowest BCUT2D eigenvalue weighted by molar-refractivity contribution is 0.0857. The Hall–Kier alpha value is -1.15. The fourth-order valence-corrected chi connectivity index (χ4v) is 3.46. The van der Waals surface area contributed by atoms with Gasteiger partial charge in [-0.2, -0.15) is 0 Å². The van der Waals surface area contributed by atoms with Crippen molar-refractivity contribution >= 4 is 5.78 Å². The largest absolute Gasteiger partial charge is 0.303 e. The van der Waals surface area contributed by atoms with Crippen LogP contribution in [0.15, 0.2) is 24.3 Å². The summed E-state index contributed by atoms with van der Waals surface area (Å²) in [6.45, 7) is 5.34. The van der Waals surface area contributed by atoms with Crippen molar-refractivity contribution in [1.29, 1.82) is 0 Å². The van der Waals surface area contributed by atoms with Gasteiger partial charge in [0.25, 0.3) is 0 Å². The molecule has 3 aliphatic heterocycles. The highest BCUT2D eigenvalue weighted by molar-refractivity contribution is 5.95. The number of piperidine rings is 3. The van der Waals surface area contributed by atoms with Gasteiger partial charge in [-0.05, 0) is 44.3 Å². The van der Waals surface area contributed by atoms with E-state index in [1.165, 1.54) is 31.5 Å². The summed E-state index contributed by atoms with van der Waals surface area (Å²) in [6.07, 6.45) is 2.60. The van der Waals surface area contributed by atoms with E-state index in [4.69, 9.17) is 0 Å². The van der Waals surface area contributed by atoms with Crippen LogP contribution in [0, 0.1) is 5.92 Å². The van der Waals surface area contributed by atoms with Gasteiger partial charge in [0, 0.05) is 18.0 Å². The van der Waals surface area contributed by atoms with Crippen molar-refractivity contribution in [3.05, 3.63) is 35.4 Å². The van der Waals surface area contributed by atoms with Crippen LogP contribution in [-0.2, 0) is 0 Å². The maximum atomic E-state index is 11.7. The summed E-state index contributed by atoms with van der Waals surface area (Å²) in [7, 11) is 0. The Balaban J connectivity index is 1.96. The first kappa shape index (κ1) is 11.0. The molecule has 0 spiro atoms. The Morgan fingerprint density at radius 1 is 1.24 bits per heavy atom. The van der Waals surface area contributed by atoms with E-state index in [0.717, 1.165) is 18.0 Å². The molecular formula is C15H19NO. The van der Waals surface area contributed by atoms with E-state index in [-0.39, 0.29) is 5.78 Å². The maximum Gasteiger partial charge on any atom is 0.160 e. The van der Waals surface area contributed by atoms with E-state index in [2.05, 4.69) is 17.0 Å². The number of carbonyl (C=O) groups excluding carboxylic acids is 1. The van der Waals surface area contributed by atoms with Crippen molar-refractivity contribution in [2.75, 3.05) is 19.6 Å². The summed E-state index contributed by atoms with van der Waals surface area (Å²) in [4.78, 5) is 14.2. The van der Waals surface area contributed by atoms with E-state index in [1.54, 1.807) is 6.92 Å². The molecule has 2 nitrogen and oxygen atoms in total. The number of hydrogen-bond donors (Lipinski definition) is 0. The quantitative estimate of drug-likeness (QED) is 0.727. The normalized spacial score (nSPS) is 31.5. The predicted octanol–water partition coefficient (Wildman–Crippen LogP) is 2.70. The molecule has 1 aromatic carbocycles. The molecule has 0 aliphatic carbocycles. The van der Waals surface area contributed by atoms with Crippen LogP contribution in [0.5, 0.6) is 0 Å². The molecule has 90 valence electrons. The Morgan fingerprint density at radius 2 is 1.94 bits per heavy atom. The minimum absolute atomic E-state index is 0.206. The van der Waals surface area contributed by atoms with Gasteiger partial charge in [0.1, 0.15) is 0 Å². The third kappa shape index (κ3) is 1.91. The van der Waals surface area contributed by atoms with Crippen LogP contribution in [0.3, 0.4) is 0 Å². The second kappa shape index (κ2) is 4.26. The Bertz CT molecular complexity index is 432. The Morgan fingerprint density at radius 3 is 2.53 bits per heavy atom. The van der Waals surface area contributed by atoms with Crippen LogP contribution < -0.4 is 0 Å². The van der Waals surface area contributed by atoms with Gasteiger partial charge in [-0.15, -0.1) is 0 Å². The second-order valence-electron chi connectivity index (χ2n) is 5.39. The molecule has 2 heteroatoms. The first-order valence-electron chi connectivity index (χ1n) is 6.58. The van der Waals surface area contributed by atoms with Crippen molar-refractivity contribution in [1.82, 2.24) is 4.90 Å². The lowest BCUT2D eigenvalue weighted by atomic mass is 9.74. The SMILES string of the molecule is CC(=O)c1ccccc1C1CN2CCC1CC2. The lowest BCUT2D eigenvalue weighted by Crippen LogP contribution is -2.46. The molecule has 17 heavy (non-hydrogen) atoms. The maximum absolute atomic E-state index is 11.7. The van der Waals surface area contributed by atoms with E-state index in [1.807, 2.05) is 12.1 Å². The standard InChI is InChI=1S/C15H19NO/c1-11(17)13-4-2-3-5-14(13)15-10-16-8-6-12(15)7-9-16/h2-5,12,15H,6-10H2,1H3. The summed E-state index contributed by atoms with van der Waals surface area (Å²) < 4.78 is 0. The minimum Gasteiger partial charge on any atom is -0.303 e. The molecule has 0 aromatic heterocycles. The number of Topliss-reactive ketones (excluding diaryl/α,β-unsaturated/α-hetero) is 1. The smallest absolute Gasteiger partial charge is 0.160 e. The van der Waals surface area contributed by atoms with Crippen LogP contribution in [-0.4, -0.2) is 30.3 Å². The molecule has 0 radical (unpaired) electrons. The van der Waals surface area contributed by atoms with Crippen LogP contribution >= 0.6 is 0 Å². The predicted molar refractivity (Wildman–Crippen MR) is 68.4 cm³/mol. The van der Waals surface area contributed by atoms with E-state index in [9.17, 15) is 4.79 Å². The molecule has 1 aromatic rings. The number of rotatable bonds is 2. The summed E-state index contributed by atoms with van der Waals surface area (Å²) in [6, 6.07) is 8.18. The van der Waals surface area contributed by atoms with Gasteiger partial charge in [0.05, 0.1) is 0 Å². The Labute approximate surface area is 103 Å². The highest BCUT2D eigenvalue weighted by Gasteiger charge is 2.35. The molecule has 3 fully saturated rings. The topological polar surface area (TPSA) is 20.3 Å². The summed E-state index contributed by atoms with van der Waals surface area (Å²) in [5, 5.41) is 0. The van der Waals surface area contributed by atoms with E-state index in [0.29, 0.717) is 5.92 Å². The molecule has 3 heterocycles. The highest BCUT2D eigenvalue weighted by Crippen LogP contribution is 2.40. The second-order valence-corrected chi connectivity index (χ2v) is 5.39. The van der Waals surface area contributed by atoms with Gasteiger partial charge in [0.15, 0.2) is 5.78 Å². The molecular weight excluding hydrogens is 210 g/mol. The molecule has 2 bridgehead atoms. The lowest BCUT2D eigenvalue weighted by Gasteiger charge is -2.45. The van der Waals surface area contributed by atoms with Gasteiger partial charge in [-0.3, -0.25) is 4.79 Å². The van der Waals surface area contributed by atoms with Crippen LogP contribution in [0.2, 0.25) is 0 Å². The van der Waals surface area contributed by atoms with Crippen LogP contribution in [0.1, 0.15) is 41.6 Å². The molecule has 3 saturated heterocycles. The monoisotopic (exact) mass is 229 g/mol. The number of ketones is 1. The summed E-state index contributed by atoms with van der Waals surface area (Å²) in [5.74, 6) is 1.58. The molecule has 0 saturated carbocycles. The van der Waals surface area contributed by atoms with E-state index < -0.39 is 0 Å². The number of carbonyl (C=O) groups is 1. The van der Waals surface area contributed by atoms with Gasteiger partial charge in [-0.25, -0.2) is 0 Å². The molecule has 4 rings (SSSR count). The Kier molecular flexibility index (Phi) is 2.75. The van der Waals surface area contributed by atoms with Crippen molar-refractivity contribution in [3.63, 3.8) is 0 Å². The van der Waals surface area contributed by atoms with Crippen molar-refractivity contribution in [3.8, 4) is 0 Å². The summed E-state index contributed by atoms with van der Waals surface area (Å²) in [5.41, 5.74) is 2.22. The van der Waals surface area contributed by atoms with Crippen LogP contribution in [0.4, 0.5) is 0 Å². The molecule has 3 aliphatic rings. The van der Waals surface area contributed by atoms with Crippen molar-refractivity contribution in [2.45, 2.75) is 25.7 Å². The number of nitrogens with zero attached hydrogens (tertiary/aromatic N) is 1. The highest BCUT2D eigenvalue weighted by atomic mass is 16.1. The van der Waals surface area contributed by atoms with Crippen LogP contribution in [0.25, 0.3) is 0 Å². The molecule has 0 amide bonds. The summed E-state index contributed by atoms with van der Waals surface area (Å²) >= 11 is 0. The van der Waals surface area contributed by atoms with Gasteiger partial charge < -0.3 is 4.90 Å². The molecule has 1 atom stereocenters. The van der Waals surface area contributed by atoms with E-state index >= 15 is 0 Å². The molecule has 1 unspecified atom stereocenters. The number of fused-ring (bicyclic) bond motifs is 3. The third-order valence-electron chi connectivity index (χ3n) is 4.40. The first-order chi connectivity index (χ1) is 8.25. The fraction of sp³-hybridized carbons (Fsp3) is 0.533. The zero-order valence-electron chi connectivity index (χ0n) is 10.4. The van der Waals surface area contributed by atoms with Gasteiger partial charge in [-0.1, -0.05) is 24.3 Å². The average molecular weight is 229 g/mol. The zero-order chi connectivity index (χ0) is 11.8. The van der Waals surface area contributed by atoms with Gasteiger partial charge in [0.2, 0.25) is 0 Å². The zero-order valence-corrected chi connectivity index (χ0v) is 10.4. The number of benzene rings is 1. The van der Waals surface area contributed by atoms with Crippen molar-refractivity contribution in [2.24, 2.45) is 5.92 Å².